The van der Waals surface area contributed by atoms with Crippen LogP contribution < -0.4 is 0 Å². The first kappa shape index (κ1) is 14.0. The molecule has 2 fully saturated rings. The molecule has 0 aliphatic carbocycles. The van der Waals surface area contributed by atoms with Crippen LogP contribution >= 0.6 is 0 Å². The highest BCUT2D eigenvalue weighted by molar-refractivity contribution is 5.06. The van der Waals surface area contributed by atoms with E-state index in [1.165, 1.54) is 0 Å². The number of aryl methyl sites for hydroxylation is 2. The van der Waals surface area contributed by atoms with Gasteiger partial charge in [-0.2, -0.15) is 4.98 Å². The maximum absolute atomic E-state index is 6.17. The number of likely N-dealkylation sites (tertiary alicyclic amines) is 1. The smallest absolute Gasteiger partial charge is 0.229 e. The Kier molecular flexibility index (Phi) is 3.50. The number of nitrogens with zero attached hydrogens (tertiary/aromatic N) is 3. The topological polar surface area (TPSA) is 64.5 Å². The maximum Gasteiger partial charge on any atom is 0.229 e. The zero-order valence-corrected chi connectivity index (χ0v) is 13.0. The number of ether oxygens (including phenoxy) is 1. The monoisotopic (exact) mass is 303 g/mol. The standard InChI is InChI=1S/C16H21N3O3/c1-10-3-4-13(20-10)8-19-7-12-5-14(21-15(12)9-19)6-16-17-11(2)18-22-16/h3-4,12,14-15H,5-9H2,1-2H3/t12-,14-,15+/m0/s1. The van der Waals surface area contributed by atoms with Gasteiger partial charge in [0.05, 0.1) is 25.2 Å². The van der Waals surface area contributed by atoms with Gasteiger partial charge in [0.15, 0.2) is 5.82 Å². The lowest BCUT2D eigenvalue weighted by atomic mass is 10.0. The highest BCUT2D eigenvalue weighted by Crippen LogP contribution is 2.34. The summed E-state index contributed by atoms with van der Waals surface area (Å²) in [6.45, 7) is 6.74. The molecule has 2 aromatic rings. The van der Waals surface area contributed by atoms with E-state index in [2.05, 4.69) is 21.1 Å². The molecule has 2 saturated heterocycles. The summed E-state index contributed by atoms with van der Waals surface area (Å²) in [5, 5.41) is 3.83. The van der Waals surface area contributed by atoms with Gasteiger partial charge in [-0.05, 0) is 32.4 Å². The quantitative estimate of drug-likeness (QED) is 0.862. The highest BCUT2D eigenvalue weighted by Gasteiger charge is 2.42. The second-order valence-corrected chi connectivity index (χ2v) is 6.44. The third-order valence-corrected chi connectivity index (χ3v) is 4.54. The van der Waals surface area contributed by atoms with Crippen LogP contribution in [-0.4, -0.2) is 40.3 Å². The first-order valence-corrected chi connectivity index (χ1v) is 7.88. The summed E-state index contributed by atoms with van der Waals surface area (Å²) in [6, 6.07) is 4.08. The van der Waals surface area contributed by atoms with Crippen molar-refractivity contribution < 1.29 is 13.7 Å². The Morgan fingerprint density at radius 3 is 2.86 bits per heavy atom. The summed E-state index contributed by atoms with van der Waals surface area (Å²) >= 11 is 0. The molecule has 2 aliphatic rings. The predicted octanol–water partition coefficient (Wildman–Crippen LogP) is 2.11. The fraction of sp³-hybridized carbons (Fsp3) is 0.625. The van der Waals surface area contributed by atoms with Crippen LogP contribution in [0.5, 0.6) is 0 Å². The van der Waals surface area contributed by atoms with Crippen molar-refractivity contribution in [1.29, 1.82) is 0 Å². The highest BCUT2D eigenvalue weighted by atomic mass is 16.5. The predicted molar refractivity (Wildman–Crippen MR) is 78.2 cm³/mol. The molecular formula is C16H21N3O3. The fourth-order valence-corrected chi connectivity index (χ4v) is 3.62. The summed E-state index contributed by atoms with van der Waals surface area (Å²) in [4.78, 5) is 6.68. The van der Waals surface area contributed by atoms with Crippen molar-refractivity contribution in [3.05, 3.63) is 35.4 Å². The third-order valence-electron chi connectivity index (χ3n) is 4.54. The molecule has 4 heterocycles. The lowest BCUT2D eigenvalue weighted by molar-refractivity contribution is 0.0338. The van der Waals surface area contributed by atoms with Crippen molar-refractivity contribution in [2.75, 3.05) is 13.1 Å². The molecule has 0 bridgehead atoms. The normalized spacial score (nSPS) is 28.4. The second-order valence-electron chi connectivity index (χ2n) is 6.44. The van der Waals surface area contributed by atoms with E-state index >= 15 is 0 Å². The van der Waals surface area contributed by atoms with Crippen molar-refractivity contribution in [2.45, 2.75) is 45.4 Å². The van der Waals surface area contributed by atoms with E-state index < -0.39 is 0 Å². The van der Waals surface area contributed by atoms with E-state index in [-0.39, 0.29) is 6.10 Å². The number of hydrogen-bond donors (Lipinski definition) is 0. The molecule has 2 aromatic heterocycles. The van der Waals surface area contributed by atoms with E-state index in [1.54, 1.807) is 0 Å². The molecule has 0 N–H and O–H groups in total. The Balaban J connectivity index is 1.30. The van der Waals surface area contributed by atoms with Crippen LogP contribution in [0.4, 0.5) is 0 Å². The van der Waals surface area contributed by atoms with E-state index in [4.69, 9.17) is 13.7 Å². The van der Waals surface area contributed by atoms with Crippen molar-refractivity contribution in [2.24, 2.45) is 5.92 Å². The lowest BCUT2D eigenvalue weighted by Gasteiger charge is -2.17. The van der Waals surface area contributed by atoms with Gasteiger partial charge < -0.3 is 13.7 Å². The Morgan fingerprint density at radius 2 is 2.18 bits per heavy atom. The lowest BCUT2D eigenvalue weighted by Crippen LogP contribution is -2.25. The fourth-order valence-electron chi connectivity index (χ4n) is 3.62. The van der Waals surface area contributed by atoms with Crippen LogP contribution in [0.1, 0.15) is 29.7 Å². The van der Waals surface area contributed by atoms with Crippen molar-refractivity contribution in [1.82, 2.24) is 15.0 Å². The van der Waals surface area contributed by atoms with Crippen LogP contribution in [0.2, 0.25) is 0 Å². The van der Waals surface area contributed by atoms with E-state index in [9.17, 15) is 0 Å². The Labute approximate surface area is 129 Å². The van der Waals surface area contributed by atoms with Gasteiger partial charge in [-0.1, -0.05) is 5.16 Å². The molecule has 4 rings (SSSR count). The van der Waals surface area contributed by atoms with Gasteiger partial charge in [0.25, 0.3) is 0 Å². The molecule has 0 radical (unpaired) electrons. The van der Waals surface area contributed by atoms with Crippen molar-refractivity contribution >= 4 is 0 Å². The van der Waals surface area contributed by atoms with E-state index in [1.807, 2.05) is 19.9 Å². The van der Waals surface area contributed by atoms with Gasteiger partial charge in [-0.25, -0.2) is 0 Å². The Bertz CT molecular complexity index is 582. The number of fused-ring (bicyclic) bond motifs is 1. The summed E-state index contributed by atoms with van der Waals surface area (Å²) in [6.07, 6.45) is 2.33. The average molecular weight is 303 g/mol. The molecule has 2 aliphatic heterocycles. The first-order valence-electron chi connectivity index (χ1n) is 7.88. The van der Waals surface area contributed by atoms with E-state index in [0.717, 1.165) is 44.0 Å². The Hall–Kier alpha value is -1.66. The summed E-state index contributed by atoms with van der Waals surface area (Å²) in [7, 11) is 0. The minimum absolute atomic E-state index is 0.211. The van der Waals surface area contributed by atoms with Crippen LogP contribution in [0.15, 0.2) is 21.1 Å². The van der Waals surface area contributed by atoms with Crippen LogP contribution in [0, 0.1) is 19.8 Å². The van der Waals surface area contributed by atoms with Gasteiger partial charge in [0.2, 0.25) is 5.89 Å². The number of furan rings is 1. The minimum Gasteiger partial charge on any atom is -0.465 e. The third kappa shape index (κ3) is 2.80. The van der Waals surface area contributed by atoms with Crippen LogP contribution in [0.25, 0.3) is 0 Å². The number of rotatable bonds is 4. The summed E-state index contributed by atoms with van der Waals surface area (Å²) < 4.78 is 17.0. The van der Waals surface area contributed by atoms with Crippen LogP contribution in [0.3, 0.4) is 0 Å². The van der Waals surface area contributed by atoms with E-state index in [0.29, 0.717) is 23.7 Å². The molecule has 0 aromatic carbocycles. The van der Waals surface area contributed by atoms with Gasteiger partial charge in [-0.15, -0.1) is 0 Å². The van der Waals surface area contributed by atoms with Crippen molar-refractivity contribution in [3.63, 3.8) is 0 Å². The summed E-state index contributed by atoms with van der Waals surface area (Å²) in [5.41, 5.74) is 0. The molecule has 118 valence electrons. The zero-order valence-electron chi connectivity index (χ0n) is 13.0. The number of hydrogen-bond acceptors (Lipinski definition) is 6. The molecule has 0 saturated carbocycles. The van der Waals surface area contributed by atoms with Crippen molar-refractivity contribution in [3.8, 4) is 0 Å². The minimum atomic E-state index is 0.211. The van der Waals surface area contributed by atoms with Crippen LogP contribution in [-0.2, 0) is 17.7 Å². The average Bonchev–Trinajstić information content (AvgIpc) is 3.18. The molecule has 6 nitrogen and oxygen atoms in total. The summed E-state index contributed by atoms with van der Waals surface area (Å²) in [5.74, 6) is 3.99. The second kappa shape index (κ2) is 5.52. The maximum atomic E-state index is 6.17. The molecule has 22 heavy (non-hydrogen) atoms. The molecule has 6 heteroatoms. The molecule has 3 atom stereocenters. The molecule has 0 amide bonds. The zero-order chi connectivity index (χ0) is 15.1. The number of aromatic nitrogens is 2. The van der Waals surface area contributed by atoms with Gasteiger partial charge in [0.1, 0.15) is 11.5 Å². The SMILES string of the molecule is Cc1noc(C[C@@H]2C[C@H]3CN(Cc4ccc(C)o4)C[C@H]3O2)n1. The largest absolute Gasteiger partial charge is 0.465 e. The molecule has 0 spiro atoms. The van der Waals surface area contributed by atoms with Gasteiger partial charge >= 0.3 is 0 Å². The van der Waals surface area contributed by atoms with Gasteiger partial charge in [-0.3, -0.25) is 4.90 Å². The molecular weight excluding hydrogens is 282 g/mol. The Morgan fingerprint density at radius 1 is 1.27 bits per heavy atom. The van der Waals surface area contributed by atoms with Gasteiger partial charge in [0, 0.05) is 19.0 Å². The molecule has 0 unspecified atom stereocenters. The first-order chi connectivity index (χ1) is 10.7.